The van der Waals surface area contributed by atoms with Crippen LogP contribution in [-0.2, 0) is 0 Å². The number of hydrogen-bond donors (Lipinski definition) is 0. The van der Waals surface area contributed by atoms with Crippen molar-refractivity contribution < 1.29 is 17.1 Å². The average molecular weight is 554 g/mol. The van der Waals surface area contributed by atoms with E-state index in [9.17, 15) is 4.11 Å². The van der Waals surface area contributed by atoms with Gasteiger partial charge < -0.3 is 4.74 Å². The van der Waals surface area contributed by atoms with Crippen LogP contribution in [0.3, 0.4) is 0 Å². The van der Waals surface area contributed by atoms with Crippen molar-refractivity contribution in [2.45, 2.75) is 0 Å². The van der Waals surface area contributed by atoms with Crippen molar-refractivity contribution in [3.05, 3.63) is 145 Å². The minimum absolute atomic E-state index is 0.0411. The largest absolute Gasteiger partial charge is 0.456 e. The summed E-state index contributed by atoms with van der Waals surface area (Å²) < 4.78 is 87.2. The van der Waals surface area contributed by atoms with E-state index in [4.69, 9.17) is 13.0 Å². The molecule has 0 fully saturated rings. The van der Waals surface area contributed by atoms with Crippen molar-refractivity contribution in [2.24, 2.45) is 0 Å². The lowest BCUT2D eigenvalue weighted by atomic mass is 9.85. The van der Waals surface area contributed by atoms with Crippen LogP contribution in [-0.4, -0.2) is 0 Å². The molecule has 9 aromatic rings. The van der Waals surface area contributed by atoms with Gasteiger partial charge in [-0.1, -0.05) is 133 Å². The van der Waals surface area contributed by atoms with Crippen LogP contribution in [0, 0.1) is 0 Å². The van der Waals surface area contributed by atoms with Crippen LogP contribution in [0.2, 0.25) is 0 Å². The standard InChI is InChI=1S/C42H24O/c1-2-16-37-31(11-1)35-15-6-14-34-30(23-24-38(43-37)42(34)35)33-13-5-10-25-9-4-12-32(40(25)33)29-21-19-28-18-17-26-7-3-8-27-20-22-36(29)41(28)39(26)27/h1-24H/i3D,7D,8D,17D,18D,19D,20D,21D,22D. The minimum atomic E-state index is -0.493. The fourth-order valence-electron chi connectivity index (χ4n) is 6.85. The zero-order valence-corrected chi connectivity index (χ0v) is 22.6. The van der Waals surface area contributed by atoms with Crippen molar-refractivity contribution in [3.8, 4) is 44.9 Å². The van der Waals surface area contributed by atoms with E-state index >= 15 is 0 Å². The van der Waals surface area contributed by atoms with Crippen LogP contribution >= 0.6 is 0 Å². The molecule has 0 unspecified atom stereocenters. The lowest BCUT2D eigenvalue weighted by Crippen LogP contribution is -1.98. The Hall–Kier alpha value is -5.66. The van der Waals surface area contributed by atoms with Gasteiger partial charge in [0, 0.05) is 10.9 Å². The molecule has 0 bridgehead atoms. The third-order valence-corrected chi connectivity index (χ3v) is 8.68. The Morgan fingerprint density at radius 1 is 0.349 bits per heavy atom. The Kier molecular flexibility index (Phi) is 3.16. The molecule has 0 N–H and O–H groups in total. The van der Waals surface area contributed by atoms with E-state index in [0.717, 1.165) is 55.3 Å². The van der Waals surface area contributed by atoms with E-state index in [1.54, 1.807) is 0 Å². The number of ether oxygens (including phenoxy) is 1. The Balaban J connectivity index is 1.37. The van der Waals surface area contributed by atoms with Crippen LogP contribution < -0.4 is 4.74 Å². The van der Waals surface area contributed by atoms with Crippen LogP contribution in [0.4, 0.5) is 0 Å². The second-order valence-electron chi connectivity index (χ2n) is 10.9. The summed E-state index contributed by atoms with van der Waals surface area (Å²) in [6, 6.07) is 26.3. The lowest BCUT2D eigenvalue weighted by Gasteiger charge is -2.23. The van der Waals surface area contributed by atoms with Crippen molar-refractivity contribution in [3.63, 3.8) is 0 Å². The van der Waals surface area contributed by atoms with Gasteiger partial charge in [-0.05, 0) is 88.4 Å². The fourth-order valence-corrected chi connectivity index (χ4v) is 6.85. The Morgan fingerprint density at radius 2 is 1.00 bits per heavy atom. The predicted molar refractivity (Wildman–Crippen MR) is 182 cm³/mol. The van der Waals surface area contributed by atoms with Crippen LogP contribution in [0.25, 0.3) is 87.2 Å². The van der Waals surface area contributed by atoms with Crippen LogP contribution in [0.1, 0.15) is 12.3 Å². The molecule has 1 heteroatoms. The van der Waals surface area contributed by atoms with E-state index in [1.165, 1.54) is 0 Å². The van der Waals surface area contributed by atoms with Gasteiger partial charge in [0.1, 0.15) is 11.5 Å². The molecule has 0 radical (unpaired) electrons. The summed E-state index contributed by atoms with van der Waals surface area (Å²) in [5.41, 5.74) is 4.58. The zero-order valence-electron chi connectivity index (χ0n) is 31.6. The van der Waals surface area contributed by atoms with Crippen molar-refractivity contribution in [2.75, 3.05) is 0 Å². The summed E-state index contributed by atoms with van der Waals surface area (Å²) in [5.74, 6) is 1.53. The zero-order chi connectivity index (χ0) is 35.9. The molecule has 0 atom stereocenters. The third-order valence-electron chi connectivity index (χ3n) is 8.68. The highest BCUT2D eigenvalue weighted by Crippen LogP contribution is 2.50. The van der Waals surface area contributed by atoms with Gasteiger partial charge in [0.2, 0.25) is 0 Å². The molecule has 10 rings (SSSR count). The number of benzene rings is 9. The molecule has 1 heterocycles. The molecule has 9 aromatic carbocycles. The van der Waals surface area contributed by atoms with Gasteiger partial charge in [0.25, 0.3) is 0 Å². The molecule has 1 aliphatic heterocycles. The number of hydrogen-bond acceptors (Lipinski definition) is 1. The van der Waals surface area contributed by atoms with Gasteiger partial charge in [-0.15, -0.1) is 0 Å². The highest BCUT2D eigenvalue weighted by atomic mass is 16.5. The van der Waals surface area contributed by atoms with Gasteiger partial charge in [-0.25, -0.2) is 0 Å². The molecular formula is C42H24O. The van der Waals surface area contributed by atoms with Crippen molar-refractivity contribution in [1.29, 1.82) is 0 Å². The van der Waals surface area contributed by atoms with Crippen molar-refractivity contribution >= 4 is 53.9 Å². The summed E-state index contributed by atoms with van der Waals surface area (Å²) in [6.45, 7) is 0. The van der Waals surface area contributed by atoms with Gasteiger partial charge in [-0.2, -0.15) is 0 Å². The van der Waals surface area contributed by atoms with E-state index in [0.29, 0.717) is 5.56 Å². The van der Waals surface area contributed by atoms with Crippen molar-refractivity contribution in [1.82, 2.24) is 0 Å². The number of para-hydroxylation sites is 1. The Bertz CT molecular complexity index is 3070. The molecule has 0 spiro atoms. The molecular weight excluding hydrogens is 520 g/mol. The second kappa shape index (κ2) is 8.44. The SMILES string of the molecule is [2H]c1c([2H])c2c([2H])c([2H])c3c([2H])c([2H])c(-c4cccc5cccc(-c6ccc7c8c(cccc68)-c6ccccc6O7)c45)c4c([2H])c([2H])c(c1[2H])c2c34. The van der Waals surface area contributed by atoms with E-state index in [-0.39, 0.29) is 62.1 Å². The molecule has 0 saturated carbocycles. The smallest absolute Gasteiger partial charge is 0.135 e. The molecule has 1 nitrogen and oxygen atoms in total. The summed E-state index contributed by atoms with van der Waals surface area (Å²) in [7, 11) is 0. The first kappa shape index (κ1) is 16.1. The monoisotopic (exact) mass is 553 g/mol. The van der Waals surface area contributed by atoms with Crippen LogP contribution in [0.15, 0.2) is 145 Å². The fraction of sp³-hybridized carbons (Fsp3) is 0. The van der Waals surface area contributed by atoms with Crippen LogP contribution in [0.5, 0.6) is 11.5 Å². The second-order valence-corrected chi connectivity index (χ2v) is 10.9. The number of rotatable bonds is 2. The molecule has 43 heavy (non-hydrogen) atoms. The van der Waals surface area contributed by atoms with Gasteiger partial charge >= 0.3 is 0 Å². The summed E-state index contributed by atoms with van der Waals surface area (Å²) in [6.07, 6.45) is 0. The maximum atomic E-state index is 9.45. The molecule has 0 aliphatic carbocycles. The molecule has 0 saturated heterocycles. The first-order valence-electron chi connectivity index (χ1n) is 18.6. The quantitative estimate of drug-likeness (QED) is 0.193. The molecule has 0 amide bonds. The minimum Gasteiger partial charge on any atom is -0.456 e. The topological polar surface area (TPSA) is 9.23 Å². The Morgan fingerprint density at radius 3 is 1.84 bits per heavy atom. The highest BCUT2D eigenvalue weighted by Gasteiger charge is 2.22. The van der Waals surface area contributed by atoms with E-state index < -0.39 is 30.2 Å². The lowest BCUT2D eigenvalue weighted by molar-refractivity contribution is 0.487. The highest BCUT2D eigenvalue weighted by molar-refractivity contribution is 6.27. The van der Waals surface area contributed by atoms with Gasteiger partial charge in [-0.3, -0.25) is 0 Å². The van der Waals surface area contributed by atoms with Gasteiger partial charge in [0.15, 0.2) is 0 Å². The first-order valence-corrected chi connectivity index (χ1v) is 14.1. The maximum Gasteiger partial charge on any atom is 0.135 e. The molecule has 198 valence electrons. The molecule has 1 aliphatic rings. The number of fused-ring (bicyclic) bond motifs is 3. The first-order chi connectivity index (χ1) is 25.1. The van der Waals surface area contributed by atoms with E-state index in [2.05, 4.69) is 12.1 Å². The third kappa shape index (κ3) is 3.11. The summed E-state index contributed by atoms with van der Waals surface area (Å²) in [5, 5.41) is 3.84. The summed E-state index contributed by atoms with van der Waals surface area (Å²) >= 11 is 0. The normalized spacial score (nSPS) is 15.3. The molecule has 0 aromatic heterocycles. The van der Waals surface area contributed by atoms with E-state index in [1.807, 2.05) is 78.9 Å². The van der Waals surface area contributed by atoms with Gasteiger partial charge in [0.05, 0.1) is 12.3 Å². The summed E-state index contributed by atoms with van der Waals surface area (Å²) in [4.78, 5) is 0. The Labute approximate surface area is 261 Å². The predicted octanol–water partition coefficient (Wildman–Crippen LogP) is 12.0. The average Bonchev–Trinajstić information content (AvgIpc) is 3.15. The maximum absolute atomic E-state index is 9.45.